The molecule has 0 N–H and O–H groups in total. The molecular formula is C17H15BrO3. The SMILES string of the molecule is CC(C(=O)OCC(=O)c1ccccc1)c1ccc(Br)cc1. The summed E-state index contributed by atoms with van der Waals surface area (Å²) < 4.78 is 6.05. The highest BCUT2D eigenvalue weighted by Gasteiger charge is 2.18. The molecule has 0 bridgehead atoms. The number of esters is 1. The van der Waals surface area contributed by atoms with Gasteiger partial charge in [0.25, 0.3) is 0 Å². The van der Waals surface area contributed by atoms with Crippen LogP contribution in [-0.2, 0) is 9.53 Å². The Morgan fingerprint density at radius 2 is 1.67 bits per heavy atom. The highest BCUT2D eigenvalue weighted by Crippen LogP contribution is 2.19. The fraction of sp³-hybridized carbons (Fsp3) is 0.176. The first-order chi connectivity index (χ1) is 10.1. The van der Waals surface area contributed by atoms with Gasteiger partial charge >= 0.3 is 5.97 Å². The summed E-state index contributed by atoms with van der Waals surface area (Å²) in [6.07, 6.45) is 0. The standard InChI is InChI=1S/C17H15BrO3/c1-12(13-7-9-15(18)10-8-13)17(20)21-11-16(19)14-5-3-2-4-6-14/h2-10,12H,11H2,1H3. The first kappa shape index (κ1) is 15.4. The van der Waals surface area contributed by atoms with Crippen molar-refractivity contribution in [1.82, 2.24) is 0 Å². The number of hydrogen-bond donors (Lipinski definition) is 0. The van der Waals surface area contributed by atoms with E-state index < -0.39 is 11.9 Å². The summed E-state index contributed by atoms with van der Waals surface area (Å²) in [5.41, 5.74) is 1.40. The molecule has 0 radical (unpaired) electrons. The molecule has 0 heterocycles. The van der Waals surface area contributed by atoms with Crippen molar-refractivity contribution in [2.75, 3.05) is 6.61 Å². The third-order valence-electron chi connectivity index (χ3n) is 3.16. The van der Waals surface area contributed by atoms with Gasteiger partial charge in [-0.05, 0) is 24.6 Å². The van der Waals surface area contributed by atoms with Gasteiger partial charge in [0.05, 0.1) is 5.92 Å². The van der Waals surface area contributed by atoms with Gasteiger partial charge in [0, 0.05) is 10.0 Å². The number of carbonyl (C=O) groups is 2. The summed E-state index contributed by atoms with van der Waals surface area (Å²) in [4.78, 5) is 23.8. The second kappa shape index (κ2) is 7.18. The van der Waals surface area contributed by atoms with Crippen molar-refractivity contribution >= 4 is 27.7 Å². The lowest BCUT2D eigenvalue weighted by atomic mass is 10.0. The summed E-state index contributed by atoms with van der Waals surface area (Å²) in [6, 6.07) is 16.2. The first-order valence-electron chi connectivity index (χ1n) is 6.58. The van der Waals surface area contributed by atoms with Crippen LogP contribution in [-0.4, -0.2) is 18.4 Å². The molecule has 4 heteroatoms. The van der Waals surface area contributed by atoms with Crippen molar-refractivity contribution in [1.29, 1.82) is 0 Å². The average molecular weight is 347 g/mol. The maximum Gasteiger partial charge on any atom is 0.313 e. The van der Waals surface area contributed by atoms with Crippen LogP contribution in [0.3, 0.4) is 0 Å². The Bertz CT molecular complexity index is 620. The molecule has 0 aromatic heterocycles. The number of carbonyl (C=O) groups excluding carboxylic acids is 2. The van der Waals surface area contributed by atoms with Crippen molar-refractivity contribution in [2.24, 2.45) is 0 Å². The Morgan fingerprint density at radius 1 is 1.05 bits per heavy atom. The molecule has 0 saturated carbocycles. The van der Waals surface area contributed by atoms with E-state index in [0.717, 1.165) is 10.0 Å². The summed E-state index contributed by atoms with van der Waals surface area (Å²) in [6.45, 7) is 1.53. The van der Waals surface area contributed by atoms with Gasteiger partial charge in [-0.2, -0.15) is 0 Å². The molecule has 108 valence electrons. The second-order valence-corrected chi connectivity index (χ2v) is 5.59. The molecule has 2 aromatic rings. The van der Waals surface area contributed by atoms with E-state index in [1.807, 2.05) is 30.3 Å². The predicted octanol–water partition coefficient (Wildman–Crippen LogP) is 3.98. The molecular weight excluding hydrogens is 332 g/mol. The lowest BCUT2D eigenvalue weighted by molar-refractivity contribution is -0.143. The van der Waals surface area contributed by atoms with Gasteiger partial charge in [-0.1, -0.05) is 58.4 Å². The minimum Gasteiger partial charge on any atom is -0.457 e. The third-order valence-corrected chi connectivity index (χ3v) is 3.69. The number of ether oxygens (including phenoxy) is 1. The van der Waals surface area contributed by atoms with E-state index in [2.05, 4.69) is 15.9 Å². The minimum atomic E-state index is -0.401. The second-order valence-electron chi connectivity index (χ2n) is 4.67. The van der Waals surface area contributed by atoms with E-state index in [4.69, 9.17) is 4.74 Å². The van der Waals surface area contributed by atoms with Crippen LogP contribution in [0.25, 0.3) is 0 Å². The molecule has 0 aliphatic carbocycles. The molecule has 3 nitrogen and oxygen atoms in total. The molecule has 0 aliphatic rings. The molecule has 0 fully saturated rings. The number of Topliss-reactive ketones (excluding diaryl/α,β-unsaturated/α-hetero) is 1. The van der Waals surface area contributed by atoms with Crippen molar-refractivity contribution in [3.05, 3.63) is 70.2 Å². The maximum atomic E-state index is 12.0. The molecule has 0 saturated heterocycles. The quantitative estimate of drug-likeness (QED) is 0.607. The van der Waals surface area contributed by atoms with Gasteiger partial charge in [-0.25, -0.2) is 0 Å². The van der Waals surface area contributed by atoms with Gasteiger partial charge in [0.1, 0.15) is 0 Å². The largest absolute Gasteiger partial charge is 0.457 e. The van der Waals surface area contributed by atoms with Crippen LogP contribution < -0.4 is 0 Å². The predicted molar refractivity (Wildman–Crippen MR) is 84.3 cm³/mol. The van der Waals surface area contributed by atoms with Crippen LogP contribution in [0.2, 0.25) is 0 Å². The first-order valence-corrected chi connectivity index (χ1v) is 7.37. The van der Waals surface area contributed by atoms with Crippen molar-refractivity contribution in [3.8, 4) is 0 Å². The highest BCUT2D eigenvalue weighted by molar-refractivity contribution is 9.10. The Hall–Kier alpha value is -1.94. The molecule has 1 unspecified atom stereocenters. The van der Waals surface area contributed by atoms with Crippen LogP contribution >= 0.6 is 15.9 Å². The van der Waals surface area contributed by atoms with Crippen molar-refractivity contribution in [3.63, 3.8) is 0 Å². The highest BCUT2D eigenvalue weighted by atomic mass is 79.9. The number of hydrogen-bond acceptors (Lipinski definition) is 3. The fourth-order valence-corrected chi connectivity index (χ4v) is 2.12. The van der Waals surface area contributed by atoms with E-state index in [9.17, 15) is 9.59 Å². The summed E-state index contributed by atoms with van der Waals surface area (Å²) in [5, 5.41) is 0. The molecule has 0 aliphatic heterocycles. The molecule has 0 spiro atoms. The van der Waals surface area contributed by atoms with Gasteiger partial charge < -0.3 is 4.74 Å². The van der Waals surface area contributed by atoms with Crippen molar-refractivity contribution < 1.29 is 14.3 Å². The molecule has 0 amide bonds. The Labute approximate surface area is 132 Å². The van der Waals surface area contributed by atoms with Crippen LogP contribution in [0.15, 0.2) is 59.1 Å². The topological polar surface area (TPSA) is 43.4 Å². The molecule has 2 aromatic carbocycles. The third kappa shape index (κ3) is 4.26. The fourth-order valence-electron chi connectivity index (χ4n) is 1.86. The van der Waals surface area contributed by atoms with Gasteiger partial charge in [0.2, 0.25) is 0 Å². The maximum absolute atomic E-state index is 12.0. The van der Waals surface area contributed by atoms with E-state index in [0.29, 0.717) is 5.56 Å². The van der Waals surface area contributed by atoms with Crippen LogP contribution in [0.4, 0.5) is 0 Å². The lowest BCUT2D eigenvalue weighted by Crippen LogP contribution is -2.18. The van der Waals surface area contributed by atoms with E-state index in [1.165, 1.54) is 0 Å². The summed E-state index contributed by atoms with van der Waals surface area (Å²) >= 11 is 3.35. The van der Waals surface area contributed by atoms with Gasteiger partial charge in [0.15, 0.2) is 12.4 Å². The molecule has 1 atom stereocenters. The zero-order valence-electron chi connectivity index (χ0n) is 11.6. The van der Waals surface area contributed by atoms with Crippen LogP contribution in [0.5, 0.6) is 0 Å². The van der Waals surface area contributed by atoms with Gasteiger partial charge in [-0.3, -0.25) is 9.59 Å². The van der Waals surface area contributed by atoms with Gasteiger partial charge in [-0.15, -0.1) is 0 Å². The molecule has 2 rings (SSSR count). The Balaban J connectivity index is 1.92. The van der Waals surface area contributed by atoms with Crippen LogP contribution in [0.1, 0.15) is 28.8 Å². The zero-order valence-corrected chi connectivity index (χ0v) is 13.2. The Morgan fingerprint density at radius 3 is 2.29 bits per heavy atom. The number of benzene rings is 2. The lowest BCUT2D eigenvalue weighted by Gasteiger charge is -2.11. The average Bonchev–Trinajstić information content (AvgIpc) is 2.53. The number of halogens is 1. The van der Waals surface area contributed by atoms with Crippen LogP contribution in [0, 0.1) is 0 Å². The van der Waals surface area contributed by atoms with E-state index in [1.54, 1.807) is 31.2 Å². The Kier molecular flexibility index (Phi) is 5.28. The summed E-state index contributed by atoms with van der Waals surface area (Å²) in [5.74, 6) is -1.00. The van der Waals surface area contributed by atoms with E-state index >= 15 is 0 Å². The number of rotatable bonds is 5. The zero-order chi connectivity index (χ0) is 15.2. The smallest absolute Gasteiger partial charge is 0.313 e. The molecule has 21 heavy (non-hydrogen) atoms. The minimum absolute atomic E-state index is 0.202. The van der Waals surface area contributed by atoms with Crippen molar-refractivity contribution in [2.45, 2.75) is 12.8 Å². The summed E-state index contributed by atoms with van der Waals surface area (Å²) in [7, 11) is 0. The normalized spacial score (nSPS) is 11.7. The van der Waals surface area contributed by atoms with E-state index in [-0.39, 0.29) is 12.4 Å². The monoisotopic (exact) mass is 346 g/mol. The number of ketones is 1.